The number of hydrogen-bond acceptors (Lipinski definition) is 3. The van der Waals surface area contributed by atoms with Gasteiger partial charge in [0.05, 0.1) is 17.9 Å². The van der Waals surface area contributed by atoms with Crippen molar-refractivity contribution in [3.05, 3.63) is 22.9 Å². The third-order valence-corrected chi connectivity index (χ3v) is 2.84. The van der Waals surface area contributed by atoms with Gasteiger partial charge in [0.25, 0.3) is 0 Å². The lowest BCUT2D eigenvalue weighted by molar-refractivity contribution is -0.117. The molecule has 1 aliphatic heterocycles. The van der Waals surface area contributed by atoms with Gasteiger partial charge in [-0.3, -0.25) is 4.79 Å². The summed E-state index contributed by atoms with van der Waals surface area (Å²) in [6.07, 6.45) is 3.61. The summed E-state index contributed by atoms with van der Waals surface area (Å²) in [4.78, 5) is 15.7. The molecule has 0 unspecified atom stereocenters. The second-order valence-electron chi connectivity index (χ2n) is 3.51. The Kier molecular flexibility index (Phi) is 3.33. The average Bonchev–Trinajstić information content (AvgIpc) is 2.74. The van der Waals surface area contributed by atoms with Crippen LogP contribution in [-0.4, -0.2) is 23.5 Å². The Morgan fingerprint density at radius 3 is 3.07 bits per heavy atom. The maximum atomic E-state index is 11.7. The molecule has 2 rings (SSSR count). The number of rotatable bonds is 2. The molecule has 1 amide bonds. The van der Waals surface area contributed by atoms with Crippen molar-refractivity contribution >= 4 is 27.5 Å². The van der Waals surface area contributed by atoms with Crippen molar-refractivity contribution in [2.45, 2.75) is 18.9 Å². The highest BCUT2D eigenvalue weighted by molar-refractivity contribution is 9.10. The van der Waals surface area contributed by atoms with Crippen LogP contribution in [-0.2, 0) is 4.79 Å². The molecule has 1 aromatic heterocycles. The zero-order valence-electron chi connectivity index (χ0n) is 8.16. The molecule has 0 aromatic carbocycles. The molecule has 1 saturated heterocycles. The molecule has 0 bridgehead atoms. The van der Waals surface area contributed by atoms with Crippen molar-refractivity contribution in [1.29, 1.82) is 0 Å². The number of carbonyl (C=O) groups excluding carboxylic acids is 1. The summed E-state index contributed by atoms with van der Waals surface area (Å²) in [6.45, 7) is 0.927. The molecule has 1 aromatic rings. The van der Waals surface area contributed by atoms with Gasteiger partial charge in [0.2, 0.25) is 5.91 Å². The van der Waals surface area contributed by atoms with Crippen LogP contribution in [0.5, 0.6) is 0 Å². The van der Waals surface area contributed by atoms with Crippen LogP contribution in [0.25, 0.3) is 0 Å². The molecule has 0 spiro atoms. The molecule has 2 N–H and O–H groups in total. The number of carbonyl (C=O) groups is 1. The minimum Gasteiger partial charge on any atom is -0.323 e. The van der Waals surface area contributed by atoms with E-state index < -0.39 is 0 Å². The van der Waals surface area contributed by atoms with Gasteiger partial charge in [-0.1, -0.05) is 0 Å². The van der Waals surface area contributed by atoms with Crippen LogP contribution in [0.15, 0.2) is 22.9 Å². The minimum absolute atomic E-state index is 0.0247. The highest BCUT2D eigenvalue weighted by atomic mass is 79.9. The third kappa shape index (κ3) is 2.76. The van der Waals surface area contributed by atoms with E-state index in [1.54, 1.807) is 12.3 Å². The summed E-state index contributed by atoms with van der Waals surface area (Å²) < 4.78 is 0.763. The Morgan fingerprint density at radius 2 is 2.47 bits per heavy atom. The molecule has 15 heavy (non-hydrogen) atoms. The second-order valence-corrected chi connectivity index (χ2v) is 4.32. The van der Waals surface area contributed by atoms with Gasteiger partial charge >= 0.3 is 0 Å². The van der Waals surface area contributed by atoms with Crippen molar-refractivity contribution in [2.24, 2.45) is 0 Å². The standard InChI is InChI=1S/C10H12BrN3O/c11-9-4-3-7(6-13-9)14-10(15)8-2-1-5-12-8/h3-4,6,8,12H,1-2,5H2,(H,14,15)/t8-/m1/s1. The lowest BCUT2D eigenvalue weighted by Crippen LogP contribution is -2.35. The predicted molar refractivity (Wildman–Crippen MR) is 61.6 cm³/mol. The number of amides is 1. The van der Waals surface area contributed by atoms with Crippen LogP contribution in [0.1, 0.15) is 12.8 Å². The molecule has 1 aliphatic rings. The number of nitrogens with one attached hydrogen (secondary N) is 2. The molecule has 2 heterocycles. The van der Waals surface area contributed by atoms with Crippen LogP contribution in [0.4, 0.5) is 5.69 Å². The molecule has 0 radical (unpaired) electrons. The number of anilines is 1. The fourth-order valence-electron chi connectivity index (χ4n) is 1.59. The van der Waals surface area contributed by atoms with Gasteiger partial charge in [-0.2, -0.15) is 0 Å². The van der Waals surface area contributed by atoms with Crippen LogP contribution in [0.2, 0.25) is 0 Å². The third-order valence-electron chi connectivity index (χ3n) is 2.37. The van der Waals surface area contributed by atoms with Gasteiger partial charge in [-0.25, -0.2) is 4.98 Å². The topological polar surface area (TPSA) is 54.0 Å². The highest BCUT2D eigenvalue weighted by Crippen LogP contribution is 2.12. The number of nitrogens with zero attached hydrogens (tertiary/aromatic N) is 1. The van der Waals surface area contributed by atoms with E-state index in [-0.39, 0.29) is 11.9 Å². The summed E-state index contributed by atoms with van der Waals surface area (Å²) in [5.74, 6) is 0.0247. The van der Waals surface area contributed by atoms with Gasteiger partial charge in [0.15, 0.2) is 0 Å². The van der Waals surface area contributed by atoms with Crippen molar-refractivity contribution in [2.75, 3.05) is 11.9 Å². The first kappa shape index (κ1) is 10.6. The quantitative estimate of drug-likeness (QED) is 0.801. The maximum Gasteiger partial charge on any atom is 0.241 e. The Bertz CT molecular complexity index is 346. The van der Waals surface area contributed by atoms with Crippen molar-refractivity contribution < 1.29 is 4.79 Å². The molecule has 0 aliphatic carbocycles. The van der Waals surface area contributed by atoms with E-state index >= 15 is 0 Å². The first-order valence-electron chi connectivity index (χ1n) is 4.91. The van der Waals surface area contributed by atoms with Crippen molar-refractivity contribution in [3.8, 4) is 0 Å². The number of hydrogen-bond donors (Lipinski definition) is 2. The van der Waals surface area contributed by atoms with E-state index in [4.69, 9.17) is 0 Å². The van der Waals surface area contributed by atoms with Gasteiger partial charge in [-0.05, 0) is 47.4 Å². The Hall–Kier alpha value is -0.940. The summed E-state index contributed by atoms with van der Waals surface area (Å²) in [5.41, 5.74) is 0.733. The smallest absolute Gasteiger partial charge is 0.241 e. The molecule has 1 fully saturated rings. The van der Waals surface area contributed by atoms with E-state index in [1.165, 1.54) is 0 Å². The van der Waals surface area contributed by atoms with Crippen LogP contribution in [0.3, 0.4) is 0 Å². The molecular formula is C10H12BrN3O. The highest BCUT2D eigenvalue weighted by Gasteiger charge is 2.21. The molecule has 4 nitrogen and oxygen atoms in total. The average molecular weight is 270 g/mol. The van der Waals surface area contributed by atoms with Crippen LogP contribution < -0.4 is 10.6 Å². The number of halogens is 1. The Labute approximate surface area is 96.6 Å². The zero-order chi connectivity index (χ0) is 10.7. The van der Waals surface area contributed by atoms with Crippen LogP contribution >= 0.6 is 15.9 Å². The van der Waals surface area contributed by atoms with Gasteiger partial charge in [0.1, 0.15) is 4.60 Å². The monoisotopic (exact) mass is 269 g/mol. The molecular weight excluding hydrogens is 258 g/mol. The maximum absolute atomic E-state index is 11.7. The largest absolute Gasteiger partial charge is 0.323 e. The summed E-state index contributed by atoms with van der Waals surface area (Å²) in [7, 11) is 0. The van der Waals surface area contributed by atoms with E-state index in [2.05, 4.69) is 31.5 Å². The normalized spacial score (nSPS) is 20.2. The molecule has 1 atom stereocenters. The van der Waals surface area contributed by atoms with Crippen molar-refractivity contribution in [3.63, 3.8) is 0 Å². The van der Waals surface area contributed by atoms with Gasteiger partial charge in [-0.15, -0.1) is 0 Å². The second kappa shape index (κ2) is 4.72. The fraction of sp³-hybridized carbons (Fsp3) is 0.400. The molecule has 5 heteroatoms. The Balaban J connectivity index is 1.96. The van der Waals surface area contributed by atoms with Gasteiger partial charge in [0, 0.05) is 0 Å². The SMILES string of the molecule is O=C(Nc1ccc(Br)nc1)[C@H]1CCCN1. The fourth-order valence-corrected chi connectivity index (χ4v) is 1.82. The first-order chi connectivity index (χ1) is 7.25. The number of pyridine rings is 1. The lowest BCUT2D eigenvalue weighted by Gasteiger charge is -2.10. The molecule has 0 saturated carbocycles. The predicted octanol–water partition coefficient (Wildman–Crippen LogP) is 1.53. The minimum atomic E-state index is -0.0475. The summed E-state index contributed by atoms with van der Waals surface area (Å²) >= 11 is 3.24. The first-order valence-corrected chi connectivity index (χ1v) is 5.71. The van der Waals surface area contributed by atoms with E-state index in [0.717, 1.165) is 29.7 Å². The van der Waals surface area contributed by atoms with Gasteiger partial charge < -0.3 is 10.6 Å². The van der Waals surface area contributed by atoms with E-state index in [1.807, 2.05) is 6.07 Å². The van der Waals surface area contributed by atoms with E-state index in [0.29, 0.717) is 0 Å². The zero-order valence-corrected chi connectivity index (χ0v) is 9.75. The van der Waals surface area contributed by atoms with E-state index in [9.17, 15) is 4.79 Å². The summed E-state index contributed by atoms with van der Waals surface area (Å²) in [5, 5.41) is 5.97. The number of aromatic nitrogens is 1. The van der Waals surface area contributed by atoms with Crippen molar-refractivity contribution in [1.82, 2.24) is 10.3 Å². The Morgan fingerprint density at radius 1 is 1.60 bits per heavy atom. The lowest BCUT2D eigenvalue weighted by atomic mass is 10.2. The summed E-state index contributed by atoms with van der Waals surface area (Å²) in [6, 6.07) is 3.58. The van der Waals surface area contributed by atoms with Crippen LogP contribution in [0, 0.1) is 0 Å². The molecule has 80 valence electrons.